The third-order valence-electron chi connectivity index (χ3n) is 5.48. The lowest BCUT2D eigenvalue weighted by Crippen LogP contribution is -2.51. The number of aromatic amines is 1. The smallest absolute Gasteiger partial charge is 0.191 e. The Morgan fingerprint density at radius 1 is 1.25 bits per heavy atom. The van der Waals surface area contributed by atoms with E-state index in [1.807, 2.05) is 31.3 Å². The fourth-order valence-electron chi connectivity index (χ4n) is 3.88. The van der Waals surface area contributed by atoms with Gasteiger partial charge < -0.3 is 20.3 Å². The first-order valence-corrected chi connectivity index (χ1v) is 10.6. The highest BCUT2D eigenvalue weighted by atomic mass is 127. The van der Waals surface area contributed by atoms with E-state index < -0.39 is 0 Å². The zero-order valence-corrected chi connectivity index (χ0v) is 20.7. The van der Waals surface area contributed by atoms with Gasteiger partial charge in [-0.2, -0.15) is 5.10 Å². The zero-order valence-electron chi connectivity index (χ0n) is 18.4. The standard InChI is InChI=1S/C23H29N7O.HI/c1-24-23(25-14-17-6-3-7-18(12-17)22-26-16-27-29-22)28-19-8-5-11-30(15-19)20-9-4-10-21(13-20)31-2;/h3-4,6-7,9-10,12-13,16,19H,5,8,11,14-15H2,1-2H3,(H2,24,25,28)(H,26,27,29);1H. The van der Waals surface area contributed by atoms with Gasteiger partial charge in [-0.05, 0) is 36.6 Å². The van der Waals surface area contributed by atoms with Crippen molar-refractivity contribution in [2.75, 3.05) is 32.1 Å². The van der Waals surface area contributed by atoms with Crippen LogP contribution in [0, 0.1) is 0 Å². The fraction of sp³-hybridized carbons (Fsp3) is 0.348. The number of ether oxygens (including phenoxy) is 1. The topological polar surface area (TPSA) is 90.5 Å². The molecule has 1 atom stereocenters. The molecule has 0 amide bonds. The summed E-state index contributed by atoms with van der Waals surface area (Å²) in [7, 11) is 3.51. The highest BCUT2D eigenvalue weighted by molar-refractivity contribution is 14.0. The Kier molecular flexibility index (Phi) is 8.72. The molecule has 1 aliphatic heterocycles. The summed E-state index contributed by atoms with van der Waals surface area (Å²) < 4.78 is 5.38. The number of aliphatic imine (C=N–C) groups is 1. The third kappa shape index (κ3) is 6.12. The van der Waals surface area contributed by atoms with Crippen LogP contribution in [-0.2, 0) is 6.54 Å². The number of nitrogens with zero attached hydrogens (tertiary/aromatic N) is 4. The molecule has 1 aliphatic rings. The zero-order chi connectivity index (χ0) is 21.5. The van der Waals surface area contributed by atoms with Gasteiger partial charge in [0.15, 0.2) is 11.8 Å². The summed E-state index contributed by atoms with van der Waals surface area (Å²) in [6.07, 6.45) is 3.76. The lowest BCUT2D eigenvalue weighted by atomic mass is 10.0. The molecule has 4 rings (SSSR count). The molecular formula is C23H30IN7O. The van der Waals surface area contributed by atoms with Gasteiger partial charge in [0.05, 0.1) is 7.11 Å². The molecule has 32 heavy (non-hydrogen) atoms. The van der Waals surface area contributed by atoms with Crippen LogP contribution < -0.4 is 20.3 Å². The normalized spacial score (nSPS) is 16.2. The van der Waals surface area contributed by atoms with Gasteiger partial charge in [0.25, 0.3) is 0 Å². The number of hydrogen-bond donors (Lipinski definition) is 3. The maximum atomic E-state index is 5.38. The minimum Gasteiger partial charge on any atom is -0.497 e. The van der Waals surface area contributed by atoms with Crippen LogP contribution in [0.1, 0.15) is 18.4 Å². The summed E-state index contributed by atoms with van der Waals surface area (Å²) in [6, 6.07) is 16.8. The Hall–Kier alpha value is -2.82. The van der Waals surface area contributed by atoms with Gasteiger partial charge in [-0.15, -0.1) is 24.0 Å². The Morgan fingerprint density at radius 2 is 2.12 bits per heavy atom. The van der Waals surface area contributed by atoms with E-state index >= 15 is 0 Å². The number of piperidine rings is 1. The molecule has 1 fully saturated rings. The van der Waals surface area contributed by atoms with Crippen molar-refractivity contribution in [2.45, 2.75) is 25.4 Å². The highest BCUT2D eigenvalue weighted by Gasteiger charge is 2.21. The summed E-state index contributed by atoms with van der Waals surface area (Å²) >= 11 is 0. The molecule has 0 aliphatic carbocycles. The summed E-state index contributed by atoms with van der Waals surface area (Å²) in [6.45, 7) is 2.65. The first-order chi connectivity index (χ1) is 15.2. The molecule has 170 valence electrons. The Balaban J connectivity index is 0.00000289. The quantitative estimate of drug-likeness (QED) is 0.249. The van der Waals surface area contributed by atoms with E-state index in [1.165, 1.54) is 12.0 Å². The largest absolute Gasteiger partial charge is 0.497 e. The Bertz CT molecular complexity index is 1010. The van der Waals surface area contributed by atoms with Gasteiger partial charge in [0.1, 0.15) is 12.1 Å². The number of nitrogens with one attached hydrogen (secondary N) is 3. The molecular weight excluding hydrogens is 517 g/mol. The summed E-state index contributed by atoms with van der Waals surface area (Å²) in [5, 5.41) is 13.8. The molecule has 0 spiro atoms. The van der Waals surface area contributed by atoms with Gasteiger partial charge in [0.2, 0.25) is 0 Å². The number of rotatable bonds is 6. The predicted molar refractivity (Wildman–Crippen MR) is 139 cm³/mol. The van der Waals surface area contributed by atoms with E-state index in [2.05, 4.69) is 60.0 Å². The maximum absolute atomic E-state index is 5.38. The van der Waals surface area contributed by atoms with Gasteiger partial charge in [-0.25, -0.2) is 4.98 Å². The lowest BCUT2D eigenvalue weighted by molar-refractivity contribution is 0.414. The molecule has 1 saturated heterocycles. The number of guanidine groups is 1. The summed E-state index contributed by atoms with van der Waals surface area (Å²) in [4.78, 5) is 11.0. The molecule has 9 heteroatoms. The number of hydrogen-bond acceptors (Lipinski definition) is 5. The molecule has 3 N–H and O–H groups in total. The Labute approximate surface area is 205 Å². The van der Waals surface area contributed by atoms with E-state index in [9.17, 15) is 0 Å². The summed E-state index contributed by atoms with van der Waals surface area (Å²) in [5.41, 5.74) is 3.36. The van der Waals surface area contributed by atoms with E-state index in [4.69, 9.17) is 4.74 Å². The van der Waals surface area contributed by atoms with E-state index in [0.29, 0.717) is 12.6 Å². The molecule has 1 aromatic heterocycles. The summed E-state index contributed by atoms with van der Waals surface area (Å²) in [5.74, 6) is 2.46. The highest BCUT2D eigenvalue weighted by Crippen LogP contribution is 2.24. The number of anilines is 1. The first kappa shape index (κ1) is 23.8. The number of halogens is 1. The van der Waals surface area contributed by atoms with Crippen molar-refractivity contribution in [3.63, 3.8) is 0 Å². The van der Waals surface area contributed by atoms with Crippen molar-refractivity contribution in [3.05, 3.63) is 60.4 Å². The van der Waals surface area contributed by atoms with Gasteiger partial charge in [-0.1, -0.05) is 24.3 Å². The molecule has 2 aromatic carbocycles. The molecule has 0 bridgehead atoms. The molecule has 1 unspecified atom stereocenters. The van der Waals surface area contributed by atoms with Crippen LogP contribution in [0.25, 0.3) is 11.4 Å². The van der Waals surface area contributed by atoms with E-state index in [1.54, 1.807) is 7.11 Å². The second-order valence-corrected chi connectivity index (χ2v) is 7.59. The number of H-pyrrole nitrogens is 1. The average molecular weight is 547 g/mol. The van der Waals surface area contributed by atoms with E-state index in [-0.39, 0.29) is 24.0 Å². The monoisotopic (exact) mass is 547 g/mol. The number of aromatic nitrogens is 3. The van der Waals surface area contributed by atoms with Crippen molar-refractivity contribution < 1.29 is 4.74 Å². The average Bonchev–Trinajstić information content (AvgIpc) is 3.37. The van der Waals surface area contributed by atoms with Crippen LogP contribution in [-0.4, -0.2) is 54.4 Å². The fourth-order valence-corrected chi connectivity index (χ4v) is 3.88. The lowest BCUT2D eigenvalue weighted by Gasteiger charge is -2.35. The van der Waals surface area contributed by atoms with Crippen molar-refractivity contribution in [1.29, 1.82) is 0 Å². The van der Waals surface area contributed by atoms with Crippen LogP contribution in [0.3, 0.4) is 0 Å². The van der Waals surface area contributed by atoms with Crippen molar-refractivity contribution in [1.82, 2.24) is 25.8 Å². The van der Waals surface area contributed by atoms with Crippen LogP contribution in [0.4, 0.5) is 5.69 Å². The van der Waals surface area contributed by atoms with Crippen molar-refractivity contribution in [3.8, 4) is 17.1 Å². The van der Waals surface area contributed by atoms with E-state index in [0.717, 1.165) is 54.6 Å². The van der Waals surface area contributed by atoms with Crippen LogP contribution in [0.5, 0.6) is 5.75 Å². The van der Waals surface area contributed by atoms with Crippen LogP contribution in [0.2, 0.25) is 0 Å². The number of methoxy groups -OCH3 is 1. The Morgan fingerprint density at radius 3 is 2.91 bits per heavy atom. The molecule has 2 heterocycles. The van der Waals surface area contributed by atoms with Crippen molar-refractivity contribution >= 4 is 35.6 Å². The number of benzene rings is 2. The molecule has 8 nitrogen and oxygen atoms in total. The van der Waals surface area contributed by atoms with Crippen molar-refractivity contribution in [2.24, 2.45) is 4.99 Å². The maximum Gasteiger partial charge on any atom is 0.191 e. The SMILES string of the molecule is CN=C(NCc1cccc(-c2ncn[nH]2)c1)NC1CCCN(c2cccc(OC)c2)C1.I. The van der Waals surface area contributed by atoms with Crippen LogP contribution >= 0.6 is 24.0 Å². The predicted octanol–water partition coefficient (Wildman–Crippen LogP) is 3.43. The second-order valence-electron chi connectivity index (χ2n) is 7.59. The van der Waals surface area contributed by atoms with Gasteiger partial charge in [-0.3, -0.25) is 10.1 Å². The second kappa shape index (κ2) is 11.7. The minimum absolute atomic E-state index is 0. The minimum atomic E-state index is 0. The first-order valence-electron chi connectivity index (χ1n) is 10.6. The molecule has 0 radical (unpaired) electrons. The molecule has 3 aromatic rings. The van der Waals surface area contributed by atoms with Crippen LogP contribution in [0.15, 0.2) is 59.9 Å². The third-order valence-corrected chi connectivity index (χ3v) is 5.48. The van der Waals surface area contributed by atoms with Gasteiger partial charge >= 0.3 is 0 Å². The molecule has 0 saturated carbocycles. The van der Waals surface area contributed by atoms with Gasteiger partial charge in [0, 0.05) is 50.0 Å².